The molecule has 314 valence electrons. The average molecular weight is 825 g/mol. The number of carboxylic acids is 1. The summed E-state index contributed by atoms with van der Waals surface area (Å²) in [6, 6.07) is 7.73. The number of fused-ring (bicyclic) bond motifs is 7. The number of ether oxygens (including phenoxy) is 1. The van der Waals surface area contributed by atoms with Crippen LogP contribution in [-0.2, 0) is 30.3 Å². The van der Waals surface area contributed by atoms with E-state index in [1.165, 1.54) is 5.57 Å². The van der Waals surface area contributed by atoms with E-state index < -0.39 is 22.8 Å². The predicted molar refractivity (Wildman–Crippen MR) is 227 cm³/mol. The quantitative estimate of drug-likeness (QED) is 0.160. The molecule has 8 atom stereocenters. The van der Waals surface area contributed by atoms with E-state index in [4.69, 9.17) is 27.9 Å². The van der Waals surface area contributed by atoms with Crippen LogP contribution >= 0.6 is 23.2 Å². The van der Waals surface area contributed by atoms with Gasteiger partial charge in [0.05, 0.1) is 11.8 Å². The number of rotatable bonds is 12. The first kappa shape index (κ1) is 43.9. The first-order chi connectivity index (χ1) is 26.5. The molecule has 1 aromatic carbocycles. The molecule has 0 aliphatic heterocycles. The molecular weight excluding hydrogens is 757 g/mol. The Hall–Kier alpha value is -2.64. The molecule has 0 unspecified atom stereocenters. The monoisotopic (exact) mass is 823 g/mol. The Morgan fingerprint density at radius 3 is 2.21 bits per heavy atom. The number of ketones is 2. The van der Waals surface area contributed by atoms with Crippen molar-refractivity contribution in [1.29, 1.82) is 0 Å². The van der Waals surface area contributed by atoms with Crippen LogP contribution in [0.25, 0.3) is 0 Å². The number of esters is 1. The first-order valence-electron chi connectivity index (χ1n) is 21.6. The fourth-order valence-corrected chi connectivity index (χ4v) is 14.2. The largest absolute Gasteiger partial charge is 0.481 e. The Morgan fingerprint density at radius 1 is 0.930 bits per heavy atom. The maximum absolute atomic E-state index is 14.3. The highest BCUT2D eigenvalue weighted by atomic mass is 35.5. The summed E-state index contributed by atoms with van der Waals surface area (Å²) in [5.74, 6) is -0.288. The van der Waals surface area contributed by atoms with E-state index in [0.29, 0.717) is 36.1 Å². The summed E-state index contributed by atoms with van der Waals surface area (Å²) in [7, 11) is 1.86. The summed E-state index contributed by atoms with van der Waals surface area (Å²) in [6.07, 6.45) is 9.19. The molecule has 0 aromatic heterocycles. The predicted octanol–water partition coefficient (Wildman–Crippen LogP) is 11.3. The number of benzene rings is 1. The van der Waals surface area contributed by atoms with Crippen LogP contribution in [0.3, 0.4) is 0 Å². The lowest BCUT2D eigenvalue weighted by molar-refractivity contribution is -0.233. The second-order valence-electron chi connectivity index (χ2n) is 20.8. The molecule has 0 spiro atoms. The van der Waals surface area contributed by atoms with Gasteiger partial charge in [0.2, 0.25) is 0 Å². The van der Waals surface area contributed by atoms with Gasteiger partial charge >= 0.3 is 11.9 Å². The van der Waals surface area contributed by atoms with E-state index >= 15 is 0 Å². The van der Waals surface area contributed by atoms with Crippen molar-refractivity contribution in [2.45, 2.75) is 152 Å². The number of halogens is 2. The van der Waals surface area contributed by atoms with Gasteiger partial charge in [0.1, 0.15) is 11.1 Å². The topological polar surface area (TPSA) is 110 Å². The van der Waals surface area contributed by atoms with Gasteiger partial charge in [-0.05, 0) is 147 Å². The molecule has 0 bridgehead atoms. The van der Waals surface area contributed by atoms with Crippen LogP contribution in [0.5, 0.6) is 0 Å². The third-order valence-corrected chi connectivity index (χ3v) is 17.4. The molecule has 0 saturated heterocycles. The van der Waals surface area contributed by atoms with Crippen molar-refractivity contribution in [2.75, 3.05) is 7.05 Å². The van der Waals surface area contributed by atoms with Crippen LogP contribution in [0.4, 0.5) is 0 Å². The highest BCUT2D eigenvalue weighted by Crippen LogP contribution is 2.77. The highest BCUT2D eigenvalue weighted by molar-refractivity contribution is 6.43. The van der Waals surface area contributed by atoms with Crippen LogP contribution in [-0.4, -0.2) is 41.8 Å². The van der Waals surface area contributed by atoms with E-state index in [-0.39, 0.29) is 62.6 Å². The summed E-state index contributed by atoms with van der Waals surface area (Å²) in [6.45, 7) is 19.5. The number of carbonyl (C=O) groups excluding carboxylic acids is 3. The zero-order valence-electron chi connectivity index (χ0n) is 36.1. The Bertz CT molecular complexity index is 1860. The van der Waals surface area contributed by atoms with Crippen molar-refractivity contribution < 1.29 is 29.0 Å². The molecule has 0 radical (unpaired) electrons. The Kier molecular flexibility index (Phi) is 11.9. The summed E-state index contributed by atoms with van der Waals surface area (Å²) in [5, 5.41) is 14.0. The lowest BCUT2D eigenvalue weighted by atomic mass is 9.33. The molecule has 7 nitrogen and oxygen atoms in total. The molecular formula is C48H67Cl2NO6. The van der Waals surface area contributed by atoms with Gasteiger partial charge < -0.3 is 15.2 Å². The maximum Gasteiger partial charge on any atom is 0.309 e. The number of carbonyl (C=O) groups is 4. The third-order valence-electron chi connectivity index (χ3n) is 16.8. The van der Waals surface area contributed by atoms with Gasteiger partial charge in [0.25, 0.3) is 0 Å². The molecule has 6 rings (SSSR count). The Labute approximate surface area is 351 Å². The van der Waals surface area contributed by atoms with Crippen LogP contribution < -0.4 is 5.32 Å². The van der Waals surface area contributed by atoms with E-state index in [9.17, 15) is 24.3 Å². The van der Waals surface area contributed by atoms with Crippen molar-refractivity contribution in [1.82, 2.24) is 5.32 Å². The number of nitrogens with one attached hydrogen (secondary N) is 1. The number of hydrogen-bond acceptors (Lipinski definition) is 6. The fraction of sp³-hybridized carbons (Fsp3) is 0.708. The van der Waals surface area contributed by atoms with E-state index in [2.05, 4.69) is 53.8 Å². The van der Waals surface area contributed by atoms with Gasteiger partial charge in [0, 0.05) is 41.4 Å². The molecule has 9 heteroatoms. The standard InChI is InChI=1S/C48H67Cl2NO6/c1-28(2)38-33(53)26-48(41(51-10)40(50)32(52)13-11-12-29-14-16-30(49)17-15-29)25-24-46(8)31(39(38)48)18-19-35-45(7)22-21-36(57-37(54)27-43(3,4)42(55)56)44(5,6)34(45)20-23-47(35,46)9/h14-17,28,31,34-36,51H,11-13,18-27H2,1-10H3,(H,55,56)/b41-40+/t31-,34-,35+,36-,45-,46+,47+,48+/m0/s1. The zero-order valence-corrected chi connectivity index (χ0v) is 37.6. The minimum absolute atomic E-state index is 0.00393. The van der Waals surface area contributed by atoms with E-state index in [1.807, 2.05) is 31.3 Å². The molecule has 1 aromatic rings. The second-order valence-corrected chi connectivity index (χ2v) is 21.6. The zero-order chi connectivity index (χ0) is 42.1. The lowest BCUT2D eigenvalue weighted by Crippen LogP contribution is -2.66. The highest BCUT2D eigenvalue weighted by Gasteiger charge is 2.70. The van der Waals surface area contributed by atoms with Crippen LogP contribution in [0.15, 0.2) is 46.1 Å². The SMILES string of the molecule is CN/C(=C(/Cl)C(=O)CCCc1ccc(Cl)cc1)[C@@]12CC[C@]3(C)[C@@H](CC[C@@H]4[C@@]5(C)CC[C@H](OC(=O)CC(C)(C)C(=O)O)C(C)(C)[C@@H]5CC[C@]43C)C1=C(C(C)C)C(=O)C2. The van der Waals surface area contributed by atoms with Crippen LogP contribution in [0, 0.1) is 56.2 Å². The molecule has 0 amide bonds. The number of aliphatic carboxylic acids is 1. The summed E-state index contributed by atoms with van der Waals surface area (Å²) in [4.78, 5) is 53.1. The number of allylic oxidation sites excluding steroid dienone is 3. The van der Waals surface area contributed by atoms with Crippen molar-refractivity contribution in [3.63, 3.8) is 0 Å². The van der Waals surface area contributed by atoms with Gasteiger partial charge in [-0.25, -0.2) is 0 Å². The van der Waals surface area contributed by atoms with Gasteiger partial charge in [-0.3, -0.25) is 19.2 Å². The van der Waals surface area contributed by atoms with Gasteiger partial charge in [-0.2, -0.15) is 0 Å². The van der Waals surface area contributed by atoms with Crippen molar-refractivity contribution in [3.05, 3.63) is 56.7 Å². The van der Waals surface area contributed by atoms with Gasteiger partial charge in [-0.15, -0.1) is 0 Å². The smallest absolute Gasteiger partial charge is 0.309 e. The average Bonchev–Trinajstić information content (AvgIpc) is 3.43. The van der Waals surface area contributed by atoms with Gasteiger partial charge in [0.15, 0.2) is 11.6 Å². The first-order valence-corrected chi connectivity index (χ1v) is 22.3. The lowest BCUT2D eigenvalue weighted by Gasteiger charge is -2.72. The van der Waals surface area contributed by atoms with Crippen molar-refractivity contribution in [3.8, 4) is 0 Å². The van der Waals surface area contributed by atoms with E-state index in [0.717, 1.165) is 74.6 Å². The number of Topliss-reactive ketones (excluding diaryl/α,β-unsaturated/α-hetero) is 2. The second kappa shape index (κ2) is 15.4. The molecule has 5 aliphatic rings. The molecule has 4 fully saturated rings. The maximum atomic E-state index is 14.3. The normalized spacial score (nSPS) is 35.1. The fourth-order valence-electron chi connectivity index (χ4n) is 13.7. The summed E-state index contributed by atoms with van der Waals surface area (Å²) in [5.41, 5.74) is 1.95. The molecule has 5 aliphatic carbocycles. The Balaban J connectivity index is 1.29. The minimum Gasteiger partial charge on any atom is -0.481 e. The van der Waals surface area contributed by atoms with Crippen LogP contribution in [0.1, 0.15) is 145 Å². The molecule has 57 heavy (non-hydrogen) atoms. The molecule has 4 saturated carbocycles. The summed E-state index contributed by atoms with van der Waals surface area (Å²) >= 11 is 13.3. The van der Waals surface area contributed by atoms with Crippen molar-refractivity contribution >= 4 is 46.7 Å². The van der Waals surface area contributed by atoms with E-state index in [1.54, 1.807) is 13.8 Å². The Morgan fingerprint density at radius 2 is 1.60 bits per heavy atom. The third kappa shape index (κ3) is 7.14. The molecule has 0 heterocycles. The minimum atomic E-state index is -1.18. The van der Waals surface area contributed by atoms with Crippen molar-refractivity contribution in [2.24, 2.45) is 56.2 Å². The summed E-state index contributed by atoms with van der Waals surface area (Å²) < 4.78 is 6.18. The number of aryl methyl sites for hydroxylation is 1. The van der Waals surface area contributed by atoms with Gasteiger partial charge in [-0.1, -0.05) is 83.8 Å². The number of carboxylic acid groups (broad SMARTS) is 1. The molecule has 2 N–H and O–H groups in total. The van der Waals surface area contributed by atoms with Crippen LogP contribution in [0.2, 0.25) is 5.02 Å². The number of hydrogen-bond donors (Lipinski definition) is 2.